The predicted molar refractivity (Wildman–Crippen MR) is 227 cm³/mol. The lowest BCUT2D eigenvalue weighted by Gasteiger charge is -2.49. The van der Waals surface area contributed by atoms with Crippen molar-refractivity contribution in [3.8, 4) is 0 Å². The summed E-state index contributed by atoms with van der Waals surface area (Å²) in [5, 5.41) is 0.0313. The van der Waals surface area contributed by atoms with Crippen molar-refractivity contribution in [2.45, 2.75) is 238 Å². The summed E-state index contributed by atoms with van der Waals surface area (Å²) in [6.07, 6.45) is 9.90. The molecule has 0 heterocycles. The van der Waals surface area contributed by atoms with E-state index in [0.717, 1.165) is 19.3 Å². The molecule has 0 unspecified atom stereocenters. The molecule has 296 valence electrons. The molecule has 0 aliphatic heterocycles. The fourth-order valence-electron chi connectivity index (χ4n) is 8.43. The van der Waals surface area contributed by atoms with E-state index in [2.05, 4.69) is 137 Å². The molecular weight excluding hydrogens is 669 g/mol. The van der Waals surface area contributed by atoms with E-state index in [1.165, 1.54) is 19.3 Å². The molecule has 0 N–H and O–H groups in total. The summed E-state index contributed by atoms with van der Waals surface area (Å²) in [6, 6.07) is 0. The monoisotopic (exact) mass is 755 g/mol. The minimum atomic E-state index is -2.34. The summed E-state index contributed by atoms with van der Waals surface area (Å²) in [5.74, 6) is -0.225. The second-order valence-corrected chi connectivity index (χ2v) is 34.1. The van der Waals surface area contributed by atoms with Gasteiger partial charge in [0.25, 0.3) is 0 Å². The van der Waals surface area contributed by atoms with Gasteiger partial charge in [0, 0.05) is 6.42 Å². The molecule has 0 saturated heterocycles. The Balaban J connectivity index is 6.98. The van der Waals surface area contributed by atoms with Crippen molar-refractivity contribution >= 4 is 30.9 Å². The first-order valence-electron chi connectivity index (χ1n) is 20.4. The van der Waals surface area contributed by atoms with Crippen molar-refractivity contribution in [2.24, 2.45) is 0 Å². The standard InChI is InChI=1S/C42H86O5Si3/c1-21-24-25-26-27-28-38(44-41(43)30-37(22-2)45-48(19,20)42(16,17)18)29-40(47-50(34(10)11,35(12)13)36(14)15)39(23-3)46-49(31(4)5,32(6)7)33(8)9/h22-23,31-40H,2-3,21,24-30H2,1,4-20H3/t37-,38-,39-,40+/m1/s1. The van der Waals surface area contributed by atoms with Gasteiger partial charge in [0.2, 0.25) is 16.6 Å². The van der Waals surface area contributed by atoms with Crippen molar-refractivity contribution in [1.29, 1.82) is 0 Å². The number of esters is 1. The van der Waals surface area contributed by atoms with Gasteiger partial charge in [-0.15, -0.1) is 13.2 Å². The number of unbranched alkanes of at least 4 members (excludes halogenated alkanes) is 4. The third-order valence-electron chi connectivity index (χ3n) is 12.0. The number of ether oxygens (including phenoxy) is 1. The maximum Gasteiger partial charge on any atom is 0.308 e. The van der Waals surface area contributed by atoms with Crippen molar-refractivity contribution in [2.75, 3.05) is 0 Å². The van der Waals surface area contributed by atoms with E-state index in [-0.39, 0.29) is 41.8 Å². The molecule has 50 heavy (non-hydrogen) atoms. The highest BCUT2D eigenvalue weighted by atomic mass is 28.4. The van der Waals surface area contributed by atoms with Crippen LogP contribution in [0.25, 0.3) is 0 Å². The Labute approximate surface area is 315 Å². The molecule has 0 aromatic heterocycles. The van der Waals surface area contributed by atoms with Crippen LogP contribution in [0.5, 0.6) is 0 Å². The number of carbonyl (C=O) groups excluding carboxylic acids is 1. The van der Waals surface area contributed by atoms with Crippen molar-refractivity contribution < 1.29 is 22.8 Å². The number of hydrogen-bond donors (Lipinski definition) is 0. The molecule has 0 amide bonds. The van der Waals surface area contributed by atoms with Crippen LogP contribution in [0, 0.1) is 0 Å². The molecule has 8 heteroatoms. The van der Waals surface area contributed by atoms with E-state index in [9.17, 15) is 4.79 Å². The molecule has 0 aromatic carbocycles. The highest BCUT2D eigenvalue weighted by Gasteiger charge is 2.51. The summed E-state index contributed by atoms with van der Waals surface area (Å²) in [7, 11) is -6.73. The minimum Gasteiger partial charge on any atom is -0.462 e. The van der Waals surface area contributed by atoms with E-state index in [4.69, 9.17) is 18.0 Å². The van der Waals surface area contributed by atoms with Crippen LogP contribution in [0.3, 0.4) is 0 Å². The molecular formula is C42H86O5Si3. The van der Waals surface area contributed by atoms with Gasteiger partial charge in [-0.05, 0) is 64.2 Å². The van der Waals surface area contributed by atoms with E-state index in [1.54, 1.807) is 6.08 Å². The molecule has 0 radical (unpaired) electrons. The second kappa shape index (κ2) is 22.0. The first kappa shape index (κ1) is 49.5. The van der Waals surface area contributed by atoms with Crippen LogP contribution in [-0.2, 0) is 22.8 Å². The van der Waals surface area contributed by atoms with Crippen molar-refractivity contribution in [3.05, 3.63) is 25.3 Å². The quantitative estimate of drug-likeness (QED) is 0.0381. The van der Waals surface area contributed by atoms with Crippen LogP contribution in [-0.4, -0.2) is 55.3 Å². The summed E-state index contributed by atoms with van der Waals surface area (Å²) in [6.45, 7) is 49.8. The summed E-state index contributed by atoms with van der Waals surface area (Å²) in [5.41, 5.74) is 2.52. The Bertz CT molecular complexity index is 939. The van der Waals surface area contributed by atoms with Gasteiger partial charge < -0.3 is 18.0 Å². The summed E-state index contributed by atoms with van der Waals surface area (Å²) < 4.78 is 28.3. The lowest BCUT2D eigenvalue weighted by atomic mass is 10.0. The average Bonchev–Trinajstić information content (AvgIpc) is 2.97. The zero-order valence-corrected chi connectivity index (χ0v) is 39.5. The van der Waals surface area contributed by atoms with Gasteiger partial charge in [-0.25, -0.2) is 0 Å². The summed E-state index contributed by atoms with van der Waals surface area (Å²) >= 11 is 0. The Hall–Kier alpha value is -0.519. The van der Waals surface area contributed by atoms with Gasteiger partial charge in [0.05, 0.1) is 24.7 Å². The van der Waals surface area contributed by atoms with Crippen LogP contribution in [0.15, 0.2) is 25.3 Å². The molecule has 5 nitrogen and oxygen atoms in total. The molecule has 0 spiro atoms. The fourth-order valence-corrected chi connectivity index (χ4v) is 20.8. The Morgan fingerprint density at radius 3 is 1.48 bits per heavy atom. The lowest BCUT2D eigenvalue weighted by molar-refractivity contribution is -0.152. The molecule has 0 saturated carbocycles. The number of carbonyl (C=O) groups is 1. The van der Waals surface area contributed by atoms with Crippen molar-refractivity contribution in [1.82, 2.24) is 0 Å². The van der Waals surface area contributed by atoms with Crippen LogP contribution >= 0.6 is 0 Å². The molecule has 0 rings (SSSR count). The maximum atomic E-state index is 13.8. The Morgan fingerprint density at radius 1 is 0.660 bits per heavy atom. The molecule has 0 aromatic rings. The largest absolute Gasteiger partial charge is 0.462 e. The van der Waals surface area contributed by atoms with E-state index < -0.39 is 25.0 Å². The molecule has 0 bridgehead atoms. The van der Waals surface area contributed by atoms with E-state index in [0.29, 0.717) is 39.7 Å². The third kappa shape index (κ3) is 13.7. The molecule has 0 aliphatic carbocycles. The fraction of sp³-hybridized carbons (Fsp3) is 0.881. The predicted octanol–water partition coefficient (Wildman–Crippen LogP) is 13.9. The minimum absolute atomic E-state index is 0.0313. The Morgan fingerprint density at radius 2 is 1.10 bits per heavy atom. The van der Waals surface area contributed by atoms with Gasteiger partial charge in [-0.3, -0.25) is 4.79 Å². The third-order valence-corrected chi connectivity index (χ3v) is 28.7. The molecule has 0 fully saturated rings. The maximum absolute atomic E-state index is 13.8. The number of hydrogen-bond acceptors (Lipinski definition) is 5. The molecule has 4 atom stereocenters. The SMILES string of the molecule is C=C[C@H](CC(=O)O[C@H](CCCCCCC)C[C@H](O[Si](C(C)C)(C(C)C)C(C)C)[C@@H](C=C)O[Si](C(C)C)(C(C)C)C(C)C)O[Si](C)(C)C(C)(C)C. The van der Waals surface area contributed by atoms with Gasteiger partial charge >= 0.3 is 5.97 Å². The normalized spacial score (nSPS) is 16.1. The van der Waals surface area contributed by atoms with Crippen LogP contribution < -0.4 is 0 Å². The highest BCUT2D eigenvalue weighted by molar-refractivity contribution is 6.78. The first-order chi connectivity index (χ1) is 22.9. The average molecular weight is 755 g/mol. The zero-order chi connectivity index (χ0) is 39.3. The first-order valence-corrected chi connectivity index (χ1v) is 27.6. The Kier molecular flexibility index (Phi) is 21.8. The second-order valence-electron chi connectivity index (χ2n) is 18.5. The van der Waals surface area contributed by atoms with E-state index in [1.807, 2.05) is 6.08 Å². The van der Waals surface area contributed by atoms with Gasteiger partial charge in [0.1, 0.15) is 6.10 Å². The van der Waals surface area contributed by atoms with Gasteiger partial charge in [-0.2, -0.15) is 0 Å². The van der Waals surface area contributed by atoms with Crippen molar-refractivity contribution in [3.63, 3.8) is 0 Å². The summed E-state index contributed by atoms with van der Waals surface area (Å²) in [4.78, 5) is 13.8. The number of rotatable bonds is 26. The van der Waals surface area contributed by atoms with Gasteiger partial charge in [0.15, 0.2) is 8.32 Å². The van der Waals surface area contributed by atoms with Crippen LogP contribution in [0.1, 0.15) is 162 Å². The molecule has 0 aliphatic rings. The van der Waals surface area contributed by atoms with E-state index >= 15 is 0 Å². The topological polar surface area (TPSA) is 54.0 Å². The zero-order valence-electron chi connectivity index (χ0n) is 36.5. The van der Waals surface area contributed by atoms with Crippen LogP contribution in [0.2, 0.25) is 51.4 Å². The van der Waals surface area contributed by atoms with Crippen LogP contribution in [0.4, 0.5) is 0 Å². The smallest absolute Gasteiger partial charge is 0.308 e. The van der Waals surface area contributed by atoms with Gasteiger partial charge in [-0.1, -0.05) is 149 Å². The highest BCUT2D eigenvalue weighted by Crippen LogP contribution is 2.47. The lowest BCUT2D eigenvalue weighted by Crippen LogP contribution is -2.56.